The van der Waals surface area contributed by atoms with Gasteiger partial charge in [0.15, 0.2) is 11.5 Å². The largest absolute Gasteiger partial charge is 0.497 e. The summed E-state index contributed by atoms with van der Waals surface area (Å²) in [6, 6.07) is 19.2. The predicted octanol–water partition coefficient (Wildman–Crippen LogP) is 6.96. The van der Waals surface area contributed by atoms with Gasteiger partial charge in [0.25, 0.3) is 0 Å². The summed E-state index contributed by atoms with van der Waals surface area (Å²) in [6.45, 7) is 0. The van der Waals surface area contributed by atoms with Gasteiger partial charge in [-0.15, -0.1) is 12.4 Å². The van der Waals surface area contributed by atoms with E-state index in [1.54, 1.807) is 27.4 Å². The van der Waals surface area contributed by atoms with E-state index in [1.807, 2.05) is 60.7 Å². The van der Waals surface area contributed by atoms with Crippen molar-refractivity contribution < 1.29 is 19.0 Å². The highest BCUT2D eigenvalue weighted by Crippen LogP contribution is 2.38. The molecule has 8 heteroatoms. The molecule has 1 heterocycles. The molecule has 0 fully saturated rings. The van der Waals surface area contributed by atoms with Gasteiger partial charge in [0.2, 0.25) is 5.91 Å². The number of halogens is 1. The van der Waals surface area contributed by atoms with Gasteiger partial charge in [-0.05, 0) is 85.4 Å². The zero-order valence-electron chi connectivity index (χ0n) is 22.2. The Morgan fingerprint density at radius 1 is 0.846 bits per heavy atom. The second kappa shape index (κ2) is 12.5. The van der Waals surface area contributed by atoms with Crippen LogP contribution in [-0.4, -0.2) is 32.2 Å². The number of amides is 1. The van der Waals surface area contributed by atoms with E-state index < -0.39 is 0 Å². The lowest BCUT2D eigenvalue weighted by Gasteiger charge is -2.22. The molecule has 3 aromatic carbocycles. The van der Waals surface area contributed by atoms with Crippen molar-refractivity contribution in [3.8, 4) is 17.2 Å². The number of anilines is 3. The lowest BCUT2D eigenvalue weighted by atomic mass is 9.92. The molecular weight excluding hydrogens is 514 g/mol. The molecule has 1 aliphatic carbocycles. The average molecular weight is 546 g/mol. The Morgan fingerprint density at radius 2 is 1.59 bits per heavy atom. The van der Waals surface area contributed by atoms with Crippen LogP contribution in [0.25, 0.3) is 17.0 Å². The highest BCUT2D eigenvalue weighted by atomic mass is 35.5. The van der Waals surface area contributed by atoms with Gasteiger partial charge >= 0.3 is 0 Å². The van der Waals surface area contributed by atoms with Crippen LogP contribution in [-0.2, 0) is 17.6 Å². The summed E-state index contributed by atoms with van der Waals surface area (Å²) in [4.78, 5) is 17.7. The molecule has 0 atom stereocenters. The van der Waals surface area contributed by atoms with E-state index in [0.29, 0.717) is 17.2 Å². The molecule has 0 saturated heterocycles. The van der Waals surface area contributed by atoms with E-state index in [0.717, 1.165) is 65.0 Å². The van der Waals surface area contributed by atoms with Crippen LogP contribution in [0.1, 0.15) is 29.7 Å². The lowest BCUT2D eigenvalue weighted by Crippen LogP contribution is -2.11. The third-order valence-corrected chi connectivity index (χ3v) is 6.73. The van der Waals surface area contributed by atoms with Gasteiger partial charge < -0.3 is 24.8 Å². The number of carbonyl (C=O) groups excluding carboxylic acids is 1. The molecule has 1 aromatic heterocycles. The van der Waals surface area contributed by atoms with Gasteiger partial charge in [0.05, 0.1) is 32.5 Å². The summed E-state index contributed by atoms with van der Waals surface area (Å²) >= 11 is 0. The summed E-state index contributed by atoms with van der Waals surface area (Å²) in [5, 5.41) is 7.57. The average Bonchev–Trinajstić information content (AvgIpc) is 2.96. The lowest BCUT2D eigenvalue weighted by molar-refractivity contribution is -0.111. The van der Waals surface area contributed by atoms with Crippen molar-refractivity contribution in [3.63, 3.8) is 0 Å². The van der Waals surface area contributed by atoms with E-state index in [1.165, 1.54) is 11.6 Å². The number of aryl methyl sites for hydroxylation is 1. The van der Waals surface area contributed by atoms with E-state index in [4.69, 9.17) is 19.2 Å². The summed E-state index contributed by atoms with van der Waals surface area (Å²) in [7, 11) is 4.88. The maximum Gasteiger partial charge on any atom is 0.248 e. The van der Waals surface area contributed by atoms with Crippen LogP contribution >= 0.6 is 12.4 Å². The molecule has 0 bridgehead atoms. The molecule has 2 N–H and O–H groups in total. The molecule has 0 radical (unpaired) electrons. The second-order valence-electron chi connectivity index (χ2n) is 9.14. The maximum atomic E-state index is 12.7. The first-order valence-electron chi connectivity index (χ1n) is 12.7. The molecule has 0 spiro atoms. The monoisotopic (exact) mass is 545 g/mol. The second-order valence-corrected chi connectivity index (χ2v) is 9.14. The van der Waals surface area contributed by atoms with Crippen LogP contribution in [0.15, 0.2) is 66.7 Å². The highest BCUT2D eigenvalue weighted by molar-refractivity contribution is 6.04. The molecular formula is C31H32ClN3O4. The molecule has 0 aliphatic heterocycles. The third-order valence-electron chi connectivity index (χ3n) is 6.73. The topological polar surface area (TPSA) is 81.7 Å². The Hall–Kier alpha value is -4.23. The number of benzene rings is 3. The summed E-state index contributed by atoms with van der Waals surface area (Å²) in [6.07, 6.45) is 7.47. The van der Waals surface area contributed by atoms with Crippen molar-refractivity contribution in [1.29, 1.82) is 0 Å². The van der Waals surface area contributed by atoms with Gasteiger partial charge in [-0.3, -0.25) is 9.78 Å². The fraction of sp³-hybridized carbons (Fsp3) is 0.226. The number of fused-ring (bicyclic) bond motifs is 2. The SMILES string of the molecule is COc1ccc(/C=C/C(=O)Nc2ccc3nc4c(c(Nc5ccc(OC)c(OC)c5)c3c2)CCCC4)cc1.Cl. The first-order valence-corrected chi connectivity index (χ1v) is 12.7. The molecule has 5 rings (SSSR count). The van der Waals surface area contributed by atoms with Gasteiger partial charge in [-0.1, -0.05) is 12.1 Å². The Labute approximate surface area is 234 Å². The van der Waals surface area contributed by atoms with Gasteiger partial charge in [-0.25, -0.2) is 0 Å². The molecule has 1 aliphatic rings. The van der Waals surface area contributed by atoms with E-state index in [-0.39, 0.29) is 18.3 Å². The third kappa shape index (κ3) is 6.26. The zero-order chi connectivity index (χ0) is 26.5. The fourth-order valence-electron chi connectivity index (χ4n) is 4.77. The fourth-order valence-corrected chi connectivity index (χ4v) is 4.77. The van der Waals surface area contributed by atoms with Crippen molar-refractivity contribution in [3.05, 3.63) is 83.6 Å². The van der Waals surface area contributed by atoms with Crippen molar-refractivity contribution >= 4 is 52.4 Å². The van der Waals surface area contributed by atoms with Gasteiger partial charge in [0.1, 0.15) is 5.75 Å². The van der Waals surface area contributed by atoms with Crippen molar-refractivity contribution in [2.75, 3.05) is 32.0 Å². The Balaban J connectivity index is 0.00000353. The Morgan fingerprint density at radius 3 is 2.33 bits per heavy atom. The highest BCUT2D eigenvalue weighted by Gasteiger charge is 2.19. The summed E-state index contributed by atoms with van der Waals surface area (Å²) in [5.74, 6) is 1.89. The Bertz CT molecular complexity index is 1500. The molecule has 0 unspecified atom stereocenters. The standard InChI is InChI=1S/C31H31N3O4.ClH/c1-36-23-13-8-20(9-14-23)10-17-30(35)32-21-11-15-27-25(18-21)31(24-6-4-5-7-26(24)34-27)33-22-12-16-28(37-2)29(19-22)38-3;/h8-19H,4-7H2,1-3H3,(H,32,35)(H,33,34);1H/b17-10+;. The Kier molecular flexibility index (Phi) is 8.94. The summed E-state index contributed by atoms with van der Waals surface area (Å²) in [5.41, 5.74) is 6.76. The number of rotatable bonds is 8. The minimum atomic E-state index is -0.208. The van der Waals surface area contributed by atoms with E-state index >= 15 is 0 Å². The van der Waals surface area contributed by atoms with Gasteiger partial charge in [-0.2, -0.15) is 0 Å². The minimum absolute atomic E-state index is 0. The number of methoxy groups -OCH3 is 3. The van der Waals surface area contributed by atoms with Crippen molar-refractivity contribution in [1.82, 2.24) is 4.98 Å². The van der Waals surface area contributed by atoms with Crippen LogP contribution in [0, 0.1) is 0 Å². The molecule has 4 aromatic rings. The van der Waals surface area contributed by atoms with Crippen LogP contribution in [0.4, 0.5) is 17.1 Å². The normalized spacial score (nSPS) is 12.4. The van der Waals surface area contributed by atoms with Crippen LogP contribution in [0.3, 0.4) is 0 Å². The van der Waals surface area contributed by atoms with Crippen LogP contribution in [0.2, 0.25) is 0 Å². The number of ether oxygens (including phenoxy) is 3. The van der Waals surface area contributed by atoms with Crippen LogP contribution in [0.5, 0.6) is 17.2 Å². The smallest absolute Gasteiger partial charge is 0.248 e. The van der Waals surface area contributed by atoms with E-state index in [9.17, 15) is 4.79 Å². The minimum Gasteiger partial charge on any atom is -0.497 e. The first kappa shape index (κ1) is 27.8. The quantitative estimate of drug-likeness (QED) is 0.233. The molecule has 1 amide bonds. The first-order chi connectivity index (χ1) is 18.6. The zero-order valence-corrected chi connectivity index (χ0v) is 23.1. The van der Waals surface area contributed by atoms with E-state index in [2.05, 4.69) is 10.6 Å². The number of hydrogen-bond donors (Lipinski definition) is 2. The molecule has 0 saturated carbocycles. The van der Waals surface area contributed by atoms with Crippen molar-refractivity contribution in [2.24, 2.45) is 0 Å². The predicted molar refractivity (Wildman–Crippen MR) is 159 cm³/mol. The number of aromatic nitrogens is 1. The number of pyridine rings is 1. The number of nitrogens with zero attached hydrogens (tertiary/aromatic N) is 1. The van der Waals surface area contributed by atoms with Gasteiger partial charge in [0, 0.05) is 34.6 Å². The molecule has 39 heavy (non-hydrogen) atoms. The number of carbonyl (C=O) groups is 1. The molecule has 202 valence electrons. The summed E-state index contributed by atoms with van der Waals surface area (Å²) < 4.78 is 16.1. The maximum absolute atomic E-state index is 12.7. The van der Waals surface area contributed by atoms with Crippen LogP contribution < -0.4 is 24.8 Å². The number of hydrogen-bond acceptors (Lipinski definition) is 6. The van der Waals surface area contributed by atoms with Crippen molar-refractivity contribution in [2.45, 2.75) is 25.7 Å². The molecule has 7 nitrogen and oxygen atoms in total. The number of nitrogens with one attached hydrogen (secondary N) is 2.